The van der Waals surface area contributed by atoms with Gasteiger partial charge in [0.1, 0.15) is 5.75 Å². The van der Waals surface area contributed by atoms with Crippen molar-refractivity contribution in [2.24, 2.45) is 0 Å². The molecule has 0 atom stereocenters. The number of hydrogen-bond acceptors (Lipinski definition) is 2. The van der Waals surface area contributed by atoms with Gasteiger partial charge in [0, 0.05) is 5.56 Å². The third kappa shape index (κ3) is 3.32. The fourth-order valence-corrected chi connectivity index (χ4v) is 2.65. The van der Waals surface area contributed by atoms with Crippen LogP contribution in [0.5, 0.6) is 5.75 Å². The Hall–Kier alpha value is -2.87. The average Bonchev–Trinajstić information content (AvgIpc) is 2.58. The summed E-state index contributed by atoms with van der Waals surface area (Å²) in [6, 6.07) is 23.1. The number of carbonyl (C=O) groups is 1. The zero-order valence-electron chi connectivity index (χ0n) is 13.2. The van der Waals surface area contributed by atoms with E-state index in [1.165, 1.54) is 0 Å². The Morgan fingerprint density at radius 1 is 0.826 bits per heavy atom. The van der Waals surface area contributed by atoms with Crippen LogP contribution in [-0.4, -0.2) is 5.97 Å². The smallest absolute Gasteiger partial charge is 0.343 e. The molecule has 0 saturated heterocycles. The summed E-state index contributed by atoms with van der Waals surface area (Å²) in [5, 5.41) is 0. The molecule has 2 heteroatoms. The van der Waals surface area contributed by atoms with Crippen molar-refractivity contribution in [2.45, 2.75) is 13.8 Å². The van der Waals surface area contributed by atoms with Crippen molar-refractivity contribution < 1.29 is 9.53 Å². The average molecular weight is 302 g/mol. The van der Waals surface area contributed by atoms with E-state index in [9.17, 15) is 4.79 Å². The van der Waals surface area contributed by atoms with E-state index in [2.05, 4.69) is 6.07 Å². The van der Waals surface area contributed by atoms with Gasteiger partial charge in [-0.05, 0) is 48.7 Å². The van der Waals surface area contributed by atoms with Gasteiger partial charge in [-0.15, -0.1) is 0 Å². The highest BCUT2D eigenvalue weighted by Crippen LogP contribution is 2.34. The van der Waals surface area contributed by atoms with E-state index in [0.29, 0.717) is 11.3 Å². The molecule has 0 spiro atoms. The highest BCUT2D eigenvalue weighted by Gasteiger charge is 2.15. The first-order valence-electron chi connectivity index (χ1n) is 7.59. The fourth-order valence-electron chi connectivity index (χ4n) is 2.65. The standard InChI is InChI=1S/C21H18O2/c1-15-13-16(2)20(19(14-15)17-9-5-3-6-10-17)23-21(22)18-11-7-4-8-12-18/h3-14H,1-2H3. The van der Waals surface area contributed by atoms with Gasteiger partial charge in [0.2, 0.25) is 0 Å². The van der Waals surface area contributed by atoms with E-state index in [-0.39, 0.29) is 5.97 Å². The Morgan fingerprint density at radius 3 is 2.09 bits per heavy atom. The largest absolute Gasteiger partial charge is 0.422 e. The molecule has 0 saturated carbocycles. The van der Waals surface area contributed by atoms with E-state index >= 15 is 0 Å². The van der Waals surface area contributed by atoms with Crippen LogP contribution in [-0.2, 0) is 0 Å². The van der Waals surface area contributed by atoms with E-state index in [1.54, 1.807) is 12.1 Å². The number of aryl methyl sites for hydroxylation is 2. The van der Waals surface area contributed by atoms with Crippen LogP contribution in [0.3, 0.4) is 0 Å². The third-order valence-electron chi connectivity index (χ3n) is 3.71. The lowest BCUT2D eigenvalue weighted by Crippen LogP contribution is -2.10. The minimum absolute atomic E-state index is 0.338. The molecule has 23 heavy (non-hydrogen) atoms. The quantitative estimate of drug-likeness (QED) is 0.491. The maximum atomic E-state index is 12.4. The molecule has 3 aromatic rings. The van der Waals surface area contributed by atoms with Crippen LogP contribution in [0, 0.1) is 13.8 Å². The van der Waals surface area contributed by atoms with Crippen LogP contribution in [0.2, 0.25) is 0 Å². The maximum absolute atomic E-state index is 12.4. The van der Waals surface area contributed by atoms with Crippen molar-refractivity contribution >= 4 is 5.97 Å². The molecule has 0 aromatic heterocycles. The molecule has 3 aromatic carbocycles. The van der Waals surface area contributed by atoms with Gasteiger partial charge >= 0.3 is 5.97 Å². The van der Waals surface area contributed by atoms with Crippen LogP contribution < -0.4 is 4.74 Å². The van der Waals surface area contributed by atoms with Gasteiger partial charge in [-0.25, -0.2) is 4.79 Å². The van der Waals surface area contributed by atoms with Gasteiger partial charge in [-0.2, -0.15) is 0 Å². The fraction of sp³-hybridized carbons (Fsp3) is 0.0952. The molecule has 0 radical (unpaired) electrons. The molecule has 2 nitrogen and oxygen atoms in total. The number of ether oxygens (including phenoxy) is 1. The summed E-state index contributed by atoms with van der Waals surface area (Å²) in [4.78, 5) is 12.4. The van der Waals surface area contributed by atoms with Crippen LogP contribution in [0.15, 0.2) is 72.8 Å². The normalized spacial score (nSPS) is 10.3. The van der Waals surface area contributed by atoms with Gasteiger partial charge in [0.05, 0.1) is 5.56 Å². The lowest BCUT2D eigenvalue weighted by atomic mass is 9.99. The first-order chi connectivity index (χ1) is 11.1. The molecule has 0 amide bonds. The summed E-state index contributed by atoms with van der Waals surface area (Å²) >= 11 is 0. The second-order valence-corrected chi connectivity index (χ2v) is 5.58. The second-order valence-electron chi connectivity index (χ2n) is 5.58. The number of rotatable bonds is 3. The molecule has 114 valence electrons. The summed E-state index contributed by atoms with van der Waals surface area (Å²) < 4.78 is 5.73. The van der Waals surface area contributed by atoms with E-state index in [1.807, 2.05) is 68.4 Å². The van der Waals surface area contributed by atoms with Crippen molar-refractivity contribution in [2.75, 3.05) is 0 Å². The van der Waals surface area contributed by atoms with Crippen LogP contribution in [0.1, 0.15) is 21.5 Å². The summed E-state index contributed by atoms with van der Waals surface area (Å²) in [6.45, 7) is 4.01. The number of hydrogen-bond donors (Lipinski definition) is 0. The summed E-state index contributed by atoms with van der Waals surface area (Å²) in [6.07, 6.45) is 0. The molecule has 0 aliphatic rings. The van der Waals surface area contributed by atoms with Crippen LogP contribution in [0.4, 0.5) is 0 Å². The minimum atomic E-state index is -0.338. The van der Waals surface area contributed by atoms with Crippen molar-refractivity contribution in [1.29, 1.82) is 0 Å². The Labute approximate surface area is 136 Å². The molecule has 0 N–H and O–H groups in total. The van der Waals surface area contributed by atoms with Crippen molar-refractivity contribution in [3.8, 4) is 16.9 Å². The molecule has 0 aliphatic carbocycles. The zero-order chi connectivity index (χ0) is 16.2. The molecule has 0 unspecified atom stereocenters. The second kappa shape index (κ2) is 6.49. The van der Waals surface area contributed by atoms with Crippen molar-refractivity contribution in [3.63, 3.8) is 0 Å². The minimum Gasteiger partial charge on any atom is -0.422 e. The Morgan fingerprint density at radius 2 is 1.43 bits per heavy atom. The Kier molecular flexibility index (Phi) is 4.24. The monoisotopic (exact) mass is 302 g/mol. The topological polar surface area (TPSA) is 26.3 Å². The van der Waals surface area contributed by atoms with Crippen LogP contribution in [0.25, 0.3) is 11.1 Å². The number of benzene rings is 3. The molecule has 0 bridgehead atoms. The highest BCUT2D eigenvalue weighted by atomic mass is 16.5. The van der Waals surface area contributed by atoms with E-state index < -0.39 is 0 Å². The van der Waals surface area contributed by atoms with Gasteiger partial charge < -0.3 is 4.74 Å². The first-order valence-corrected chi connectivity index (χ1v) is 7.59. The van der Waals surface area contributed by atoms with Gasteiger partial charge in [0.25, 0.3) is 0 Å². The number of esters is 1. The lowest BCUT2D eigenvalue weighted by Gasteiger charge is -2.14. The lowest BCUT2D eigenvalue weighted by molar-refractivity contribution is 0.0734. The van der Waals surface area contributed by atoms with Crippen molar-refractivity contribution in [3.05, 3.63) is 89.5 Å². The van der Waals surface area contributed by atoms with Gasteiger partial charge in [-0.3, -0.25) is 0 Å². The predicted molar refractivity (Wildman–Crippen MR) is 92.8 cm³/mol. The Bertz CT molecular complexity index is 821. The van der Waals surface area contributed by atoms with E-state index in [0.717, 1.165) is 22.3 Å². The zero-order valence-corrected chi connectivity index (χ0v) is 13.2. The maximum Gasteiger partial charge on any atom is 0.343 e. The predicted octanol–water partition coefficient (Wildman–Crippen LogP) is 5.19. The molecule has 0 aliphatic heterocycles. The molecule has 0 fully saturated rings. The molecule has 3 rings (SSSR count). The van der Waals surface area contributed by atoms with E-state index in [4.69, 9.17) is 4.74 Å². The summed E-state index contributed by atoms with van der Waals surface area (Å²) in [5.41, 5.74) is 4.61. The van der Waals surface area contributed by atoms with Crippen molar-refractivity contribution in [1.82, 2.24) is 0 Å². The summed E-state index contributed by atoms with van der Waals surface area (Å²) in [5.74, 6) is 0.283. The molecular weight excluding hydrogens is 284 g/mol. The van der Waals surface area contributed by atoms with Crippen LogP contribution >= 0.6 is 0 Å². The van der Waals surface area contributed by atoms with Gasteiger partial charge in [-0.1, -0.05) is 54.6 Å². The number of carbonyl (C=O) groups excluding carboxylic acids is 1. The third-order valence-corrected chi connectivity index (χ3v) is 3.71. The molecule has 0 heterocycles. The highest BCUT2D eigenvalue weighted by molar-refractivity contribution is 5.92. The molecular formula is C21H18O2. The Balaban J connectivity index is 2.03. The summed E-state index contributed by atoms with van der Waals surface area (Å²) in [7, 11) is 0. The first kappa shape index (κ1) is 15.0. The van der Waals surface area contributed by atoms with Gasteiger partial charge in [0.15, 0.2) is 0 Å². The SMILES string of the molecule is Cc1cc(C)c(OC(=O)c2ccccc2)c(-c2ccccc2)c1.